The molecule has 11 heteroatoms. The van der Waals surface area contributed by atoms with Crippen molar-refractivity contribution >= 4 is 29.1 Å². The number of carbonyl (C=O) groups is 2. The van der Waals surface area contributed by atoms with Crippen molar-refractivity contribution in [2.45, 2.75) is 64.5 Å². The molecule has 0 spiro atoms. The highest BCUT2D eigenvalue weighted by Gasteiger charge is 2.42. The fraction of sp³-hybridized carbons (Fsp3) is 0.407. The molecular formula is C27H30ClF2N5O3. The van der Waals surface area contributed by atoms with Gasteiger partial charge in [-0.25, -0.2) is 8.78 Å². The van der Waals surface area contributed by atoms with Gasteiger partial charge in [0.05, 0.1) is 10.6 Å². The van der Waals surface area contributed by atoms with Gasteiger partial charge in [-0.3, -0.25) is 14.3 Å². The van der Waals surface area contributed by atoms with Crippen LogP contribution in [0.15, 0.2) is 48.8 Å². The van der Waals surface area contributed by atoms with Crippen molar-refractivity contribution in [2.24, 2.45) is 5.92 Å². The largest absolute Gasteiger partial charge is 0.618 e. The highest BCUT2D eigenvalue weighted by atomic mass is 35.5. The van der Waals surface area contributed by atoms with E-state index >= 15 is 0 Å². The van der Waals surface area contributed by atoms with Gasteiger partial charge in [-0.05, 0) is 56.4 Å². The average molecular weight is 546 g/mol. The number of anilines is 1. The van der Waals surface area contributed by atoms with E-state index in [1.165, 1.54) is 29.2 Å². The van der Waals surface area contributed by atoms with Crippen LogP contribution in [0.1, 0.15) is 61.8 Å². The lowest BCUT2D eigenvalue weighted by molar-refractivity contribution is -0.611. The number of nitrogens with zero attached hydrogens (tertiary/aromatic N) is 3. The molecule has 0 radical (unpaired) electrons. The summed E-state index contributed by atoms with van der Waals surface area (Å²) in [6.45, 7) is 5.38. The third-order valence-electron chi connectivity index (χ3n) is 6.84. The Morgan fingerprint density at radius 2 is 1.92 bits per heavy atom. The summed E-state index contributed by atoms with van der Waals surface area (Å²) >= 11 is 6.30. The molecule has 1 aromatic carbocycles. The van der Waals surface area contributed by atoms with Gasteiger partial charge in [0.15, 0.2) is 11.9 Å². The molecular weight excluding hydrogens is 516 g/mol. The van der Waals surface area contributed by atoms with Crippen LogP contribution in [0.4, 0.5) is 14.5 Å². The van der Waals surface area contributed by atoms with Gasteiger partial charge in [0.1, 0.15) is 11.7 Å². The number of nitrogens with one attached hydrogen (secondary N) is 2. The summed E-state index contributed by atoms with van der Waals surface area (Å²) in [6.07, 6.45) is 2.72. The van der Waals surface area contributed by atoms with Gasteiger partial charge in [0.2, 0.25) is 11.8 Å². The van der Waals surface area contributed by atoms with Gasteiger partial charge in [-0.1, -0.05) is 23.7 Å². The van der Waals surface area contributed by atoms with Crippen molar-refractivity contribution in [1.29, 1.82) is 0 Å². The van der Waals surface area contributed by atoms with Crippen LogP contribution in [0.25, 0.3) is 11.1 Å². The first-order chi connectivity index (χ1) is 18.0. The first kappa shape index (κ1) is 27.5. The Kier molecular flexibility index (Phi) is 8.01. The van der Waals surface area contributed by atoms with Gasteiger partial charge in [-0.15, -0.1) is 0 Å². The number of carbonyl (C=O) groups excluding carboxylic acids is 2. The molecule has 1 aliphatic rings. The summed E-state index contributed by atoms with van der Waals surface area (Å²) in [5, 5.41) is 22.0. The zero-order chi connectivity index (χ0) is 27.6. The second-order valence-corrected chi connectivity index (χ2v) is 10.3. The Morgan fingerprint density at radius 1 is 1.21 bits per heavy atom. The maximum atomic E-state index is 14.3. The summed E-state index contributed by atoms with van der Waals surface area (Å²) in [7, 11) is 0. The van der Waals surface area contributed by atoms with Crippen molar-refractivity contribution in [2.75, 3.05) is 5.32 Å². The summed E-state index contributed by atoms with van der Waals surface area (Å²) in [5.74, 6) is -4.79. The molecule has 202 valence electrons. The summed E-state index contributed by atoms with van der Waals surface area (Å²) in [5.41, 5.74) is 2.33. The number of pyridine rings is 1. The first-order valence-corrected chi connectivity index (χ1v) is 12.9. The summed E-state index contributed by atoms with van der Waals surface area (Å²) < 4.78 is 30.8. The molecule has 0 aliphatic heterocycles. The molecule has 4 rings (SSSR count). The van der Waals surface area contributed by atoms with Crippen LogP contribution in [-0.4, -0.2) is 33.6 Å². The lowest BCUT2D eigenvalue weighted by Crippen LogP contribution is -2.51. The molecule has 2 atom stereocenters. The van der Waals surface area contributed by atoms with Gasteiger partial charge in [0.25, 0.3) is 5.91 Å². The molecule has 3 aromatic rings. The Balaban J connectivity index is 1.57. The Hall–Kier alpha value is -3.53. The number of benzene rings is 1. The summed E-state index contributed by atoms with van der Waals surface area (Å²) in [4.78, 5) is 26.5. The van der Waals surface area contributed by atoms with Crippen molar-refractivity contribution in [3.8, 4) is 11.1 Å². The highest BCUT2D eigenvalue weighted by molar-refractivity contribution is 6.33. The minimum absolute atomic E-state index is 0.103. The Bertz CT molecular complexity index is 1330. The second kappa shape index (κ2) is 11.1. The third kappa shape index (κ3) is 5.96. The molecule has 2 heterocycles. The zero-order valence-electron chi connectivity index (χ0n) is 21.4. The van der Waals surface area contributed by atoms with Crippen molar-refractivity contribution in [3.05, 3.63) is 70.4 Å². The predicted octanol–water partition coefficient (Wildman–Crippen LogP) is 5.29. The van der Waals surface area contributed by atoms with Crippen LogP contribution in [0.5, 0.6) is 0 Å². The van der Waals surface area contributed by atoms with Crippen molar-refractivity contribution in [1.82, 2.24) is 15.1 Å². The number of aromatic nitrogens is 3. The van der Waals surface area contributed by atoms with E-state index < -0.39 is 36.1 Å². The van der Waals surface area contributed by atoms with Gasteiger partial charge in [0, 0.05) is 43.8 Å². The Morgan fingerprint density at radius 3 is 2.58 bits per heavy atom. The monoisotopic (exact) mass is 545 g/mol. The number of hydrogen-bond acceptors (Lipinski definition) is 4. The van der Waals surface area contributed by atoms with E-state index in [4.69, 9.17) is 11.6 Å². The van der Waals surface area contributed by atoms with E-state index in [0.717, 1.165) is 4.73 Å². The maximum Gasteiger partial charge on any atom is 0.270 e. The van der Waals surface area contributed by atoms with E-state index in [1.54, 1.807) is 31.2 Å². The number of rotatable bonds is 7. The average Bonchev–Trinajstić information content (AvgIpc) is 3.36. The fourth-order valence-corrected chi connectivity index (χ4v) is 5.21. The predicted molar refractivity (Wildman–Crippen MR) is 140 cm³/mol. The molecule has 0 bridgehead atoms. The van der Waals surface area contributed by atoms with E-state index in [9.17, 15) is 23.6 Å². The van der Waals surface area contributed by atoms with Crippen molar-refractivity contribution in [3.63, 3.8) is 0 Å². The summed E-state index contributed by atoms with van der Waals surface area (Å²) in [6, 6.07) is 8.43. The lowest BCUT2D eigenvalue weighted by atomic mass is 9.81. The molecule has 38 heavy (non-hydrogen) atoms. The van der Waals surface area contributed by atoms with Crippen LogP contribution in [0.3, 0.4) is 0 Å². The van der Waals surface area contributed by atoms with Gasteiger partial charge in [-0.2, -0.15) is 9.83 Å². The van der Waals surface area contributed by atoms with E-state index in [0.29, 0.717) is 34.0 Å². The first-order valence-electron chi connectivity index (χ1n) is 12.5. The molecule has 8 nitrogen and oxygen atoms in total. The number of hydrogen-bond donors (Lipinski definition) is 2. The third-order valence-corrected chi connectivity index (χ3v) is 7.15. The van der Waals surface area contributed by atoms with Gasteiger partial charge < -0.3 is 15.8 Å². The maximum absolute atomic E-state index is 14.3. The zero-order valence-corrected chi connectivity index (χ0v) is 22.1. The van der Waals surface area contributed by atoms with Crippen LogP contribution in [0.2, 0.25) is 5.02 Å². The molecule has 0 saturated heterocycles. The molecule has 1 aliphatic carbocycles. The smallest absolute Gasteiger partial charge is 0.270 e. The lowest BCUT2D eigenvalue weighted by Gasteiger charge is -2.34. The molecule has 1 unspecified atom stereocenters. The van der Waals surface area contributed by atoms with Gasteiger partial charge >= 0.3 is 0 Å². The van der Waals surface area contributed by atoms with E-state index in [2.05, 4.69) is 15.7 Å². The molecule has 1 saturated carbocycles. The quantitative estimate of drug-likeness (QED) is 0.311. The van der Waals surface area contributed by atoms with Crippen LogP contribution >= 0.6 is 11.6 Å². The molecule has 1 fully saturated rings. The van der Waals surface area contributed by atoms with Crippen LogP contribution in [0, 0.1) is 18.0 Å². The number of amides is 2. The van der Waals surface area contributed by atoms with E-state index in [-0.39, 0.29) is 24.6 Å². The van der Waals surface area contributed by atoms with E-state index in [1.807, 2.05) is 13.8 Å². The topological polar surface area (TPSA) is 103 Å². The molecule has 2 aromatic heterocycles. The van der Waals surface area contributed by atoms with Crippen LogP contribution < -0.4 is 15.4 Å². The standard InChI is InChI=1S/C27H30ClF2N5O3/c1-16(2)35-22(10-13-31-35)25(36)33-24(19-5-4-12-27(29,30)15-19)26(37)32-20-8-6-18(7-9-20)23-17(3)34(38)14-11-21(23)28/h6-11,13-14,16,19,24H,4-5,12,15H2,1-3H3,(H,32,37)(H,33,36)/t19?,24-/m1/s1. The molecule has 2 amide bonds. The second-order valence-electron chi connectivity index (χ2n) is 9.93. The van der Waals surface area contributed by atoms with Crippen molar-refractivity contribution < 1.29 is 23.1 Å². The van der Waals surface area contributed by atoms with Crippen LogP contribution in [-0.2, 0) is 4.79 Å². The highest BCUT2D eigenvalue weighted by Crippen LogP contribution is 2.38. The Labute approximate surface area is 224 Å². The number of alkyl halides is 2. The fourth-order valence-electron chi connectivity index (χ4n) is 4.91. The SMILES string of the molecule is Cc1c(-c2ccc(NC(=O)[C@H](NC(=O)c3ccnn3C(C)C)C3CCCC(F)(F)C3)cc2)c(Cl)cc[n+]1[O-]. The minimum atomic E-state index is -2.90. The normalized spacial score (nSPS) is 17.7. The number of halogens is 3. The molecule has 2 N–H and O–H groups in total. The minimum Gasteiger partial charge on any atom is -0.618 e.